The van der Waals surface area contributed by atoms with Crippen molar-refractivity contribution in [1.29, 1.82) is 0 Å². The maximum Gasteiger partial charge on any atom is 0.335 e. The van der Waals surface area contributed by atoms with E-state index in [1.807, 2.05) is 0 Å². The zero-order chi connectivity index (χ0) is 12.0. The van der Waals surface area contributed by atoms with Crippen molar-refractivity contribution in [2.75, 3.05) is 19.2 Å². The smallest absolute Gasteiger partial charge is 0.335 e. The van der Waals surface area contributed by atoms with E-state index in [1.54, 1.807) is 12.1 Å². The molecule has 0 aromatic heterocycles. The molecule has 6 heteroatoms. The van der Waals surface area contributed by atoms with Gasteiger partial charge >= 0.3 is 12.0 Å². The highest BCUT2D eigenvalue weighted by molar-refractivity contribution is 5.93. The lowest BCUT2D eigenvalue weighted by atomic mass is 10.2. The molecule has 0 saturated carbocycles. The van der Waals surface area contributed by atoms with Crippen molar-refractivity contribution in [3.8, 4) is 0 Å². The standard InChI is InChI=1S/C10H12N2O4/c1-16-6-11-10(15)12-8-4-2-3-7(5-8)9(13)14/h2-5H,6H2,1H3,(H,13,14)(H2,11,12,15). The second-order valence-corrected chi connectivity index (χ2v) is 2.95. The van der Waals surface area contributed by atoms with Crippen molar-refractivity contribution in [2.45, 2.75) is 0 Å². The minimum Gasteiger partial charge on any atom is -0.478 e. The molecule has 2 amide bonds. The van der Waals surface area contributed by atoms with Crippen LogP contribution >= 0.6 is 0 Å². The Balaban J connectivity index is 2.63. The number of carbonyl (C=O) groups excluding carboxylic acids is 1. The lowest BCUT2D eigenvalue weighted by Gasteiger charge is -2.06. The van der Waals surface area contributed by atoms with Gasteiger partial charge in [0.1, 0.15) is 6.73 Å². The van der Waals surface area contributed by atoms with Gasteiger partial charge in [-0.3, -0.25) is 0 Å². The monoisotopic (exact) mass is 224 g/mol. The minimum absolute atomic E-state index is 0.0878. The molecule has 0 aliphatic carbocycles. The third kappa shape index (κ3) is 3.58. The van der Waals surface area contributed by atoms with E-state index in [-0.39, 0.29) is 12.3 Å². The fraction of sp³-hybridized carbons (Fsp3) is 0.200. The van der Waals surface area contributed by atoms with Crippen LogP contribution in [0, 0.1) is 0 Å². The molecular weight excluding hydrogens is 212 g/mol. The number of aromatic carboxylic acids is 1. The molecule has 1 rings (SSSR count). The van der Waals surface area contributed by atoms with E-state index < -0.39 is 12.0 Å². The quantitative estimate of drug-likeness (QED) is 0.668. The zero-order valence-corrected chi connectivity index (χ0v) is 8.69. The summed E-state index contributed by atoms with van der Waals surface area (Å²) in [5.74, 6) is -1.04. The molecule has 0 atom stereocenters. The molecule has 86 valence electrons. The summed E-state index contributed by atoms with van der Waals surface area (Å²) in [7, 11) is 1.45. The normalized spacial score (nSPS) is 9.56. The first kappa shape index (κ1) is 12.0. The van der Waals surface area contributed by atoms with Crippen molar-refractivity contribution >= 4 is 17.7 Å². The van der Waals surface area contributed by atoms with Crippen molar-refractivity contribution in [2.24, 2.45) is 0 Å². The number of rotatable bonds is 4. The van der Waals surface area contributed by atoms with Crippen LogP contribution in [0.3, 0.4) is 0 Å². The van der Waals surface area contributed by atoms with Crippen LogP contribution in [0.25, 0.3) is 0 Å². The van der Waals surface area contributed by atoms with E-state index >= 15 is 0 Å². The van der Waals surface area contributed by atoms with Crippen LogP contribution in [0.4, 0.5) is 10.5 Å². The van der Waals surface area contributed by atoms with Gasteiger partial charge < -0.3 is 20.5 Å². The Hall–Kier alpha value is -2.08. The SMILES string of the molecule is COCNC(=O)Nc1cccc(C(=O)O)c1. The van der Waals surface area contributed by atoms with E-state index in [1.165, 1.54) is 19.2 Å². The molecule has 0 aliphatic rings. The molecular formula is C10H12N2O4. The molecule has 0 spiro atoms. The van der Waals surface area contributed by atoms with E-state index in [0.29, 0.717) is 5.69 Å². The van der Waals surface area contributed by atoms with Gasteiger partial charge in [-0.25, -0.2) is 9.59 Å². The first-order valence-electron chi connectivity index (χ1n) is 4.50. The second-order valence-electron chi connectivity index (χ2n) is 2.95. The number of amides is 2. The van der Waals surface area contributed by atoms with Crippen LogP contribution in [-0.4, -0.2) is 30.9 Å². The molecule has 0 unspecified atom stereocenters. The summed E-state index contributed by atoms with van der Waals surface area (Å²) >= 11 is 0. The van der Waals surface area contributed by atoms with Crippen LogP contribution < -0.4 is 10.6 Å². The molecule has 0 saturated heterocycles. The topological polar surface area (TPSA) is 87.7 Å². The zero-order valence-electron chi connectivity index (χ0n) is 8.69. The maximum absolute atomic E-state index is 11.2. The molecule has 0 heterocycles. The fourth-order valence-electron chi connectivity index (χ4n) is 1.04. The number of benzene rings is 1. The Morgan fingerprint density at radius 1 is 1.44 bits per heavy atom. The van der Waals surface area contributed by atoms with Crippen LogP contribution in [0.2, 0.25) is 0 Å². The molecule has 1 aromatic rings. The number of carboxylic acids is 1. The number of methoxy groups -OCH3 is 1. The number of carboxylic acid groups (broad SMARTS) is 1. The Morgan fingerprint density at radius 2 is 2.19 bits per heavy atom. The number of hydrogen-bond donors (Lipinski definition) is 3. The molecule has 16 heavy (non-hydrogen) atoms. The van der Waals surface area contributed by atoms with Crippen molar-refractivity contribution < 1.29 is 19.4 Å². The Labute approximate surface area is 92.2 Å². The molecule has 0 bridgehead atoms. The highest BCUT2D eigenvalue weighted by atomic mass is 16.5. The van der Waals surface area contributed by atoms with Gasteiger partial charge in [-0.05, 0) is 18.2 Å². The van der Waals surface area contributed by atoms with Gasteiger partial charge in [-0.2, -0.15) is 0 Å². The number of carbonyl (C=O) groups is 2. The summed E-state index contributed by atoms with van der Waals surface area (Å²) in [5.41, 5.74) is 0.526. The minimum atomic E-state index is -1.04. The second kappa shape index (κ2) is 5.72. The third-order valence-electron chi connectivity index (χ3n) is 1.74. The average Bonchev–Trinajstić information content (AvgIpc) is 2.26. The number of hydrogen-bond acceptors (Lipinski definition) is 3. The largest absolute Gasteiger partial charge is 0.478 e. The van der Waals surface area contributed by atoms with Crippen molar-refractivity contribution in [3.05, 3.63) is 29.8 Å². The summed E-state index contributed by atoms with van der Waals surface area (Å²) in [5, 5.41) is 13.6. The van der Waals surface area contributed by atoms with Crippen LogP contribution in [-0.2, 0) is 4.74 Å². The number of ether oxygens (including phenoxy) is 1. The number of urea groups is 1. The van der Waals surface area contributed by atoms with Crippen molar-refractivity contribution in [1.82, 2.24) is 5.32 Å². The Morgan fingerprint density at radius 3 is 2.81 bits per heavy atom. The molecule has 0 aliphatic heterocycles. The van der Waals surface area contributed by atoms with Gasteiger partial charge in [0.05, 0.1) is 5.56 Å². The molecule has 1 aromatic carbocycles. The first-order valence-corrected chi connectivity index (χ1v) is 4.50. The molecule has 0 radical (unpaired) electrons. The summed E-state index contributed by atoms with van der Waals surface area (Å²) in [6, 6.07) is 5.51. The van der Waals surface area contributed by atoms with Crippen molar-refractivity contribution in [3.63, 3.8) is 0 Å². The highest BCUT2D eigenvalue weighted by Gasteiger charge is 2.05. The van der Waals surface area contributed by atoms with Crippen LogP contribution in [0.15, 0.2) is 24.3 Å². The third-order valence-corrected chi connectivity index (χ3v) is 1.74. The number of anilines is 1. The van der Waals surface area contributed by atoms with Crippen LogP contribution in [0.5, 0.6) is 0 Å². The molecule has 6 nitrogen and oxygen atoms in total. The maximum atomic E-state index is 11.2. The number of nitrogens with one attached hydrogen (secondary N) is 2. The predicted molar refractivity (Wildman–Crippen MR) is 57.4 cm³/mol. The van der Waals surface area contributed by atoms with Crippen LogP contribution in [0.1, 0.15) is 10.4 Å². The summed E-state index contributed by atoms with van der Waals surface area (Å²) in [6.07, 6.45) is 0. The van der Waals surface area contributed by atoms with Gasteiger partial charge in [0.2, 0.25) is 0 Å². The Bertz CT molecular complexity index is 392. The molecule has 3 N–H and O–H groups in total. The summed E-state index contributed by atoms with van der Waals surface area (Å²) < 4.78 is 4.65. The first-order chi connectivity index (χ1) is 7.63. The van der Waals surface area contributed by atoms with Gasteiger partial charge in [-0.15, -0.1) is 0 Å². The lowest BCUT2D eigenvalue weighted by Crippen LogP contribution is -2.30. The van der Waals surface area contributed by atoms with E-state index in [2.05, 4.69) is 15.4 Å². The predicted octanol–water partition coefficient (Wildman–Crippen LogP) is 1.11. The van der Waals surface area contributed by atoms with Gasteiger partial charge in [0.15, 0.2) is 0 Å². The fourth-order valence-corrected chi connectivity index (χ4v) is 1.04. The van der Waals surface area contributed by atoms with Gasteiger partial charge in [0, 0.05) is 12.8 Å². The lowest BCUT2D eigenvalue weighted by molar-refractivity contribution is 0.0697. The van der Waals surface area contributed by atoms with E-state index in [9.17, 15) is 9.59 Å². The summed E-state index contributed by atoms with van der Waals surface area (Å²) in [4.78, 5) is 21.9. The Kier molecular flexibility index (Phi) is 4.28. The van der Waals surface area contributed by atoms with E-state index in [4.69, 9.17) is 5.11 Å². The summed E-state index contributed by atoms with van der Waals surface area (Å²) in [6.45, 7) is 0.0878. The van der Waals surface area contributed by atoms with Gasteiger partial charge in [-0.1, -0.05) is 6.07 Å². The molecule has 0 fully saturated rings. The van der Waals surface area contributed by atoms with Gasteiger partial charge in [0.25, 0.3) is 0 Å². The van der Waals surface area contributed by atoms with E-state index in [0.717, 1.165) is 0 Å². The average molecular weight is 224 g/mol. The highest BCUT2D eigenvalue weighted by Crippen LogP contribution is 2.10.